The van der Waals surface area contributed by atoms with Crippen LogP contribution >= 0.6 is 11.8 Å². The fourth-order valence-corrected chi connectivity index (χ4v) is 5.88. The van der Waals surface area contributed by atoms with Crippen LogP contribution in [-0.4, -0.2) is 22.3 Å². The summed E-state index contributed by atoms with van der Waals surface area (Å²) in [7, 11) is 0. The summed E-state index contributed by atoms with van der Waals surface area (Å²) in [5.74, 6) is 3.81. The van der Waals surface area contributed by atoms with E-state index in [0.717, 1.165) is 28.7 Å². The second-order valence-electron chi connectivity index (χ2n) is 7.06. The van der Waals surface area contributed by atoms with Crippen LogP contribution < -0.4 is 5.73 Å². The zero-order valence-corrected chi connectivity index (χ0v) is 12.7. The molecule has 0 unspecified atom stereocenters. The topological polar surface area (TPSA) is 51.8 Å². The Morgan fingerprint density at radius 2 is 1.80 bits per heavy atom. The minimum atomic E-state index is 0.385. The molecule has 1 aromatic rings. The monoisotopic (exact) mass is 289 g/mol. The first-order chi connectivity index (χ1) is 9.77. The molecular weight excluding hydrogens is 266 g/mol. The van der Waals surface area contributed by atoms with Crippen molar-refractivity contribution in [3.63, 3.8) is 0 Å². The van der Waals surface area contributed by atoms with Gasteiger partial charge in [-0.3, -0.25) is 0 Å². The highest BCUT2D eigenvalue weighted by molar-refractivity contribution is 7.99. The van der Waals surface area contributed by atoms with E-state index in [-0.39, 0.29) is 0 Å². The Bertz CT molecular complexity index is 467. The SMILES string of the molecule is NCCSc1nccc(C23CC4CC(CC(C4)C2)C3)n1. The zero-order chi connectivity index (χ0) is 13.6. The molecule has 3 nitrogen and oxygen atoms in total. The quantitative estimate of drug-likeness (QED) is 0.684. The summed E-state index contributed by atoms with van der Waals surface area (Å²) in [4.78, 5) is 9.30. The van der Waals surface area contributed by atoms with Crippen molar-refractivity contribution in [1.82, 2.24) is 9.97 Å². The van der Waals surface area contributed by atoms with E-state index in [0.29, 0.717) is 12.0 Å². The van der Waals surface area contributed by atoms with Crippen LogP contribution in [0.3, 0.4) is 0 Å². The van der Waals surface area contributed by atoms with Crippen molar-refractivity contribution in [3.8, 4) is 0 Å². The van der Waals surface area contributed by atoms with Gasteiger partial charge in [0.2, 0.25) is 0 Å². The molecule has 0 aliphatic heterocycles. The van der Waals surface area contributed by atoms with Crippen LogP contribution in [-0.2, 0) is 5.41 Å². The molecule has 20 heavy (non-hydrogen) atoms. The summed E-state index contributed by atoms with van der Waals surface area (Å²) in [6, 6.07) is 2.18. The van der Waals surface area contributed by atoms with Gasteiger partial charge in [-0.05, 0) is 62.3 Å². The minimum Gasteiger partial charge on any atom is -0.330 e. The molecule has 4 aliphatic rings. The van der Waals surface area contributed by atoms with Crippen LogP contribution in [0.25, 0.3) is 0 Å². The van der Waals surface area contributed by atoms with Crippen molar-refractivity contribution in [2.24, 2.45) is 23.5 Å². The number of thioether (sulfide) groups is 1. The maximum atomic E-state index is 5.58. The molecule has 4 saturated carbocycles. The number of nitrogens with zero attached hydrogens (tertiary/aromatic N) is 2. The summed E-state index contributed by atoms with van der Waals surface area (Å²) >= 11 is 1.69. The molecule has 4 fully saturated rings. The van der Waals surface area contributed by atoms with E-state index < -0.39 is 0 Å². The lowest BCUT2D eigenvalue weighted by Gasteiger charge is -2.56. The van der Waals surface area contributed by atoms with E-state index in [4.69, 9.17) is 10.7 Å². The molecule has 0 saturated heterocycles. The van der Waals surface area contributed by atoms with E-state index in [9.17, 15) is 0 Å². The van der Waals surface area contributed by atoms with E-state index in [1.54, 1.807) is 11.8 Å². The third-order valence-electron chi connectivity index (χ3n) is 5.56. The number of hydrogen-bond donors (Lipinski definition) is 1. The largest absolute Gasteiger partial charge is 0.330 e. The van der Waals surface area contributed by atoms with Gasteiger partial charge in [-0.2, -0.15) is 0 Å². The van der Waals surface area contributed by atoms with Gasteiger partial charge in [-0.1, -0.05) is 11.8 Å². The molecule has 0 radical (unpaired) electrons. The van der Waals surface area contributed by atoms with Crippen molar-refractivity contribution < 1.29 is 0 Å². The van der Waals surface area contributed by atoms with Crippen LogP contribution in [0.15, 0.2) is 17.4 Å². The van der Waals surface area contributed by atoms with Crippen LogP contribution in [0, 0.1) is 17.8 Å². The van der Waals surface area contributed by atoms with Gasteiger partial charge in [0.15, 0.2) is 5.16 Å². The maximum absolute atomic E-state index is 5.58. The summed E-state index contributed by atoms with van der Waals surface area (Å²) < 4.78 is 0. The lowest BCUT2D eigenvalue weighted by molar-refractivity contribution is -0.00754. The molecule has 1 heterocycles. The molecule has 4 heteroatoms. The number of nitrogens with two attached hydrogens (primary N) is 1. The Hall–Kier alpha value is -0.610. The van der Waals surface area contributed by atoms with Gasteiger partial charge < -0.3 is 5.73 Å². The van der Waals surface area contributed by atoms with E-state index >= 15 is 0 Å². The molecule has 2 N–H and O–H groups in total. The Balaban J connectivity index is 1.63. The molecule has 5 rings (SSSR count). The van der Waals surface area contributed by atoms with Crippen LogP contribution in [0.5, 0.6) is 0 Å². The molecule has 0 amide bonds. The summed E-state index contributed by atoms with van der Waals surface area (Å²) in [6.45, 7) is 0.690. The fourth-order valence-electron chi connectivity index (χ4n) is 5.28. The molecular formula is C16H23N3S. The third-order valence-corrected chi connectivity index (χ3v) is 6.46. The second-order valence-corrected chi connectivity index (χ2v) is 8.12. The van der Waals surface area contributed by atoms with Gasteiger partial charge in [0.1, 0.15) is 0 Å². The van der Waals surface area contributed by atoms with E-state index in [1.165, 1.54) is 44.2 Å². The van der Waals surface area contributed by atoms with Gasteiger partial charge in [0.25, 0.3) is 0 Å². The average Bonchev–Trinajstić information content (AvgIpc) is 2.44. The molecule has 0 spiro atoms. The molecule has 1 aromatic heterocycles. The molecule has 0 aromatic carbocycles. The molecule has 4 aliphatic carbocycles. The Labute approximate surface area is 125 Å². The van der Waals surface area contributed by atoms with Crippen LogP contribution in [0.4, 0.5) is 0 Å². The summed E-state index contributed by atoms with van der Waals surface area (Å²) in [5, 5.41) is 0.920. The molecule has 0 atom stereocenters. The molecule has 4 bridgehead atoms. The predicted octanol–water partition coefficient (Wildman–Crippen LogP) is 3.00. The van der Waals surface area contributed by atoms with Crippen LogP contribution in [0.1, 0.15) is 44.2 Å². The highest BCUT2D eigenvalue weighted by atomic mass is 32.2. The van der Waals surface area contributed by atoms with Gasteiger partial charge in [-0.15, -0.1) is 0 Å². The van der Waals surface area contributed by atoms with Crippen molar-refractivity contribution in [2.75, 3.05) is 12.3 Å². The highest BCUT2D eigenvalue weighted by Crippen LogP contribution is 2.60. The average molecular weight is 289 g/mol. The lowest BCUT2D eigenvalue weighted by Crippen LogP contribution is -2.49. The fraction of sp³-hybridized carbons (Fsp3) is 0.750. The Morgan fingerprint density at radius 1 is 1.15 bits per heavy atom. The second kappa shape index (κ2) is 4.99. The molecule has 108 valence electrons. The Kier molecular flexibility index (Phi) is 3.26. The first kappa shape index (κ1) is 13.1. The normalized spacial score (nSPS) is 38.4. The smallest absolute Gasteiger partial charge is 0.187 e. The van der Waals surface area contributed by atoms with Crippen molar-refractivity contribution in [2.45, 2.75) is 49.1 Å². The third kappa shape index (κ3) is 2.17. The minimum absolute atomic E-state index is 0.385. The summed E-state index contributed by atoms with van der Waals surface area (Å²) in [5.41, 5.74) is 7.29. The van der Waals surface area contributed by atoms with E-state index in [2.05, 4.69) is 11.1 Å². The van der Waals surface area contributed by atoms with Gasteiger partial charge in [-0.25, -0.2) is 9.97 Å². The number of rotatable bonds is 4. The zero-order valence-electron chi connectivity index (χ0n) is 11.9. The standard InChI is InChI=1S/C16H23N3S/c17-2-4-20-15-18-3-1-14(19-15)16-8-11-5-12(9-16)7-13(6-11)10-16/h1,3,11-13H,2,4-10,17H2. The first-order valence-corrected chi connectivity index (χ1v) is 8.92. The maximum Gasteiger partial charge on any atom is 0.187 e. The van der Waals surface area contributed by atoms with Gasteiger partial charge >= 0.3 is 0 Å². The van der Waals surface area contributed by atoms with Crippen molar-refractivity contribution in [1.29, 1.82) is 0 Å². The highest BCUT2D eigenvalue weighted by Gasteiger charge is 2.52. The Morgan fingerprint density at radius 3 is 2.40 bits per heavy atom. The van der Waals surface area contributed by atoms with Crippen molar-refractivity contribution in [3.05, 3.63) is 18.0 Å². The van der Waals surface area contributed by atoms with Crippen molar-refractivity contribution >= 4 is 11.8 Å². The van der Waals surface area contributed by atoms with Gasteiger partial charge in [0, 0.05) is 23.9 Å². The number of aromatic nitrogens is 2. The predicted molar refractivity (Wildman–Crippen MR) is 81.7 cm³/mol. The number of hydrogen-bond acceptors (Lipinski definition) is 4. The van der Waals surface area contributed by atoms with Gasteiger partial charge in [0.05, 0.1) is 5.69 Å². The summed E-state index contributed by atoms with van der Waals surface area (Å²) in [6.07, 6.45) is 10.5. The lowest BCUT2D eigenvalue weighted by atomic mass is 9.49. The first-order valence-electron chi connectivity index (χ1n) is 7.94. The van der Waals surface area contributed by atoms with Crippen LogP contribution in [0.2, 0.25) is 0 Å². The van der Waals surface area contributed by atoms with E-state index in [1.807, 2.05) is 6.20 Å².